The molecule has 0 aliphatic rings. The standard InChI is InChI=1S/C16H11F4N5OS/c17-12-6-1-2-7-13(12)25-15(22-23-24-25)27-9-14(26)21-11-5-3-4-10(8-11)16(18,19)20/h1-8H,9H2,(H,21,26). The van der Waals surface area contributed by atoms with Crippen LogP contribution in [-0.2, 0) is 11.0 Å². The fourth-order valence-corrected chi connectivity index (χ4v) is 2.83. The highest BCUT2D eigenvalue weighted by Crippen LogP contribution is 2.30. The molecule has 1 aromatic heterocycles. The number of nitrogens with zero attached hydrogens (tertiary/aromatic N) is 4. The van der Waals surface area contributed by atoms with Crippen LogP contribution in [0.2, 0.25) is 0 Å². The molecule has 11 heteroatoms. The Morgan fingerprint density at radius 2 is 1.93 bits per heavy atom. The fraction of sp³-hybridized carbons (Fsp3) is 0.125. The van der Waals surface area contributed by atoms with E-state index in [1.54, 1.807) is 6.07 Å². The quantitative estimate of drug-likeness (QED) is 0.527. The Balaban J connectivity index is 1.66. The van der Waals surface area contributed by atoms with Crippen LogP contribution in [0.15, 0.2) is 53.7 Å². The maximum atomic E-state index is 13.9. The number of hydrogen-bond donors (Lipinski definition) is 1. The molecule has 0 unspecified atom stereocenters. The maximum Gasteiger partial charge on any atom is 0.416 e. The summed E-state index contributed by atoms with van der Waals surface area (Å²) < 4.78 is 53.1. The predicted molar refractivity (Wildman–Crippen MR) is 89.9 cm³/mol. The zero-order valence-corrected chi connectivity index (χ0v) is 14.3. The van der Waals surface area contributed by atoms with Crippen LogP contribution in [0.4, 0.5) is 23.2 Å². The lowest BCUT2D eigenvalue weighted by molar-refractivity contribution is -0.137. The predicted octanol–water partition coefficient (Wildman–Crippen LogP) is 3.55. The molecule has 0 spiro atoms. The van der Waals surface area contributed by atoms with Gasteiger partial charge in [0.1, 0.15) is 11.5 Å². The number of alkyl halides is 3. The molecule has 1 amide bonds. The molecule has 0 fully saturated rings. The second-order valence-electron chi connectivity index (χ2n) is 5.24. The molecule has 1 N–H and O–H groups in total. The fourth-order valence-electron chi connectivity index (χ4n) is 2.14. The molecule has 0 saturated heterocycles. The minimum Gasteiger partial charge on any atom is -0.325 e. The van der Waals surface area contributed by atoms with Crippen molar-refractivity contribution in [2.75, 3.05) is 11.1 Å². The number of rotatable bonds is 5. The third kappa shape index (κ3) is 4.61. The van der Waals surface area contributed by atoms with Gasteiger partial charge in [-0.3, -0.25) is 4.79 Å². The Kier molecular flexibility index (Phi) is 5.40. The van der Waals surface area contributed by atoms with E-state index in [1.165, 1.54) is 30.3 Å². The molecule has 0 bridgehead atoms. The van der Waals surface area contributed by atoms with Gasteiger partial charge in [0.05, 0.1) is 11.3 Å². The first-order valence-corrected chi connectivity index (χ1v) is 8.46. The van der Waals surface area contributed by atoms with Crippen molar-refractivity contribution in [2.45, 2.75) is 11.3 Å². The molecule has 0 aliphatic heterocycles. The van der Waals surface area contributed by atoms with Crippen LogP contribution in [0.1, 0.15) is 5.56 Å². The van der Waals surface area contributed by atoms with Gasteiger partial charge in [-0.2, -0.15) is 17.9 Å². The summed E-state index contributed by atoms with van der Waals surface area (Å²) in [6, 6.07) is 10.1. The topological polar surface area (TPSA) is 72.7 Å². The summed E-state index contributed by atoms with van der Waals surface area (Å²) in [7, 11) is 0. The van der Waals surface area contributed by atoms with Gasteiger partial charge in [0.2, 0.25) is 11.1 Å². The lowest BCUT2D eigenvalue weighted by Crippen LogP contribution is -2.15. The van der Waals surface area contributed by atoms with Crippen molar-refractivity contribution < 1.29 is 22.4 Å². The highest BCUT2D eigenvalue weighted by molar-refractivity contribution is 7.99. The Morgan fingerprint density at radius 1 is 1.15 bits per heavy atom. The van der Waals surface area contributed by atoms with Crippen molar-refractivity contribution in [3.63, 3.8) is 0 Å². The van der Waals surface area contributed by atoms with E-state index in [0.717, 1.165) is 28.6 Å². The molecule has 1 heterocycles. The maximum absolute atomic E-state index is 13.9. The van der Waals surface area contributed by atoms with E-state index in [9.17, 15) is 22.4 Å². The number of carbonyl (C=O) groups excluding carboxylic acids is 1. The summed E-state index contributed by atoms with van der Waals surface area (Å²) in [5.74, 6) is -1.27. The number of benzene rings is 2. The van der Waals surface area contributed by atoms with Gasteiger partial charge in [0, 0.05) is 5.69 Å². The summed E-state index contributed by atoms with van der Waals surface area (Å²) in [5.41, 5.74) is -0.733. The van der Waals surface area contributed by atoms with E-state index in [0.29, 0.717) is 0 Å². The molecule has 0 radical (unpaired) electrons. The molecule has 6 nitrogen and oxygen atoms in total. The highest BCUT2D eigenvalue weighted by Gasteiger charge is 2.30. The van der Waals surface area contributed by atoms with Crippen molar-refractivity contribution in [3.8, 4) is 5.69 Å². The first-order valence-electron chi connectivity index (χ1n) is 7.48. The van der Waals surface area contributed by atoms with Gasteiger partial charge in [-0.25, -0.2) is 4.39 Å². The van der Waals surface area contributed by atoms with Crippen molar-refractivity contribution in [1.82, 2.24) is 20.2 Å². The van der Waals surface area contributed by atoms with Gasteiger partial charge in [0.25, 0.3) is 0 Å². The number of tetrazole rings is 1. The summed E-state index contributed by atoms with van der Waals surface area (Å²) >= 11 is 0.920. The number of anilines is 1. The summed E-state index contributed by atoms with van der Waals surface area (Å²) in [6.07, 6.45) is -4.50. The van der Waals surface area contributed by atoms with Gasteiger partial charge in [-0.15, -0.1) is 5.10 Å². The summed E-state index contributed by atoms with van der Waals surface area (Å²) in [6.45, 7) is 0. The Labute approximate surface area is 154 Å². The van der Waals surface area contributed by atoms with Crippen LogP contribution in [0, 0.1) is 5.82 Å². The third-order valence-corrected chi connectivity index (χ3v) is 4.25. The minimum atomic E-state index is -4.50. The Hall–Kier alpha value is -2.95. The van der Waals surface area contributed by atoms with Crippen LogP contribution in [0.3, 0.4) is 0 Å². The number of para-hydroxylation sites is 1. The Morgan fingerprint density at radius 3 is 2.67 bits per heavy atom. The monoisotopic (exact) mass is 397 g/mol. The normalized spacial score (nSPS) is 11.4. The van der Waals surface area contributed by atoms with E-state index in [4.69, 9.17) is 0 Å². The third-order valence-electron chi connectivity index (χ3n) is 3.33. The molecular weight excluding hydrogens is 386 g/mol. The van der Waals surface area contributed by atoms with Crippen LogP contribution in [-0.4, -0.2) is 31.9 Å². The zero-order valence-electron chi connectivity index (χ0n) is 13.4. The van der Waals surface area contributed by atoms with Gasteiger partial charge in [0.15, 0.2) is 0 Å². The van der Waals surface area contributed by atoms with Crippen molar-refractivity contribution in [2.24, 2.45) is 0 Å². The average molecular weight is 397 g/mol. The molecular formula is C16H11F4N5OS. The van der Waals surface area contributed by atoms with Gasteiger partial charge < -0.3 is 5.32 Å². The first kappa shape index (κ1) is 18.8. The van der Waals surface area contributed by atoms with Crippen molar-refractivity contribution in [1.29, 1.82) is 0 Å². The van der Waals surface area contributed by atoms with E-state index < -0.39 is 23.5 Å². The molecule has 27 heavy (non-hydrogen) atoms. The summed E-state index contributed by atoms with van der Waals surface area (Å²) in [4.78, 5) is 12.0. The van der Waals surface area contributed by atoms with Gasteiger partial charge >= 0.3 is 6.18 Å². The molecule has 3 aromatic rings. The molecule has 0 aliphatic carbocycles. The van der Waals surface area contributed by atoms with Gasteiger partial charge in [-0.1, -0.05) is 30.0 Å². The van der Waals surface area contributed by atoms with Crippen LogP contribution < -0.4 is 5.32 Å². The van der Waals surface area contributed by atoms with Crippen LogP contribution in [0.25, 0.3) is 5.69 Å². The SMILES string of the molecule is O=C(CSc1nnnn1-c1ccccc1F)Nc1cccc(C(F)(F)F)c1. The van der Waals surface area contributed by atoms with Gasteiger partial charge in [-0.05, 0) is 40.8 Å². The highest BCUT2D eigenvalue weighted by atomic mass is 32.2. The van der Waals surface area contributed by atoms with Crippen LogP contribution >= 0.6 is 11.8 Å². The van der Waals surface area contributed by atoms with E-state index >= 15 is 0 Å². The van der Waals surface area contributed by atoms with Crippen molar-refractivity contribution >= 4 is 23.4 Å². The number of amides is 1. The van der Waals surface area contributed by atoms with Crippen LogP contribution in [0.5, 0.6) is 0 Å². The van der Waals surface area contributed by atoms with E-state index in [1.807, 2.05) is 0 Å². The number of carbonyl (C=O) groups is 1. The number of thioether (sulfide) groups is 1. The number of halogens is 4. The number of aromatic nitrogens is 4. The molecule has 3 rings (SSSR count). The average Bonchev–Trinajstić information content (AvgIpc) is 3.08. The smallest absolute Gasteiger partial charge is 0.325 e. The van der Waals surface area contributed by atoms with Crippen molar-refractivity contribution in [3.05, 3.63) is 59.9 Å². The molecule has 140 valence electrons. The second kappa shape index (κ2) is 7.74. The number of nitrogens with one attached hydrogen (secondary N) is 1. The molecule has 2 aromatic carbocycles. The molecule has 0 saturated carbocycles. The number of hydrogen-bond acceptors (Lipinski definition) is 5. The van der Waals surface area contributed by atoms with E-state index in [-0.39, 0.29) is 22.3 Å². The zero-order chi connectivity index (χ0) is 19.4. The lowest BCUT2D eigenvalue weighted by Gasteiger charge is -2.10. The summed E-state index contributed by atoms with van der Waals surface area (Å²) in [5, 5.41) is 13.4. The minimum absolute atomic E-state index is 0.0177. The first-order chi connectivity index (χ1) is 12.8. The van der Waals surface area contributed by atoms with E-state index in [2.05, 4.69) is 20.8 Å². The Bertz CT molecular complexity index is 960. The largest absolute Gasteiger partial charge is 0.416 e. The second-order valence-corrected chi connectivity index (χ2v) is 6.18. The lowest BCUT2D eigenvalue weighted by atomic mass is 10.2. The molecule has 0 atom stereocenters.